The first-order valence-electron chi connectivity index (χ1n) is 24.2. The number of aliphatic hydroxyl groups is 5. The minimum absolute atomic E-state index is 0.0379. The number of esters is 3. The van der Waals surface area contributed by atoms with Crippen LogP contribution in [-0.2, 0) is 53.9 Å². The van der Waals surface area contributed by atoms with Gasteiger partial charge in [0.2, 0.25) is 0 Å². The van der Waals surface area contributed by atoms with E-state index in [0.29, 0.717) is 23.1 Å². The summed E-state index contributed by atoms with van der Waals surface area (Å²) in [6, 6.07) is 0. The number of allylic oxidation sites excluding steroid dienone is 4. The zero-order chi connectivity index (χ0) is 54.1. The summed E-state index contributed by atoms with van der Waals surface area (Å²) in [4.78, 5) is 40.1. The number of halogens is 2. The number of cyclic esters (lactones) is 1. The van der Waals surface area contributed by atoms with Crippen LogP contribution < -0.4 is 0 Å². The van der Waals surface area contributed by atoms with Gasteiger partial charge in [-0.2, -0.15) is 0 Å². The molecule has 3 aliphatic rings. The number of benzene rings is 1. The van der Waals surface area contributed by atoms with Crippen molar-refractivity contribution in [3.8, 4) is 11.5 Å². The molecule has 0 radical (unpaired) electrons. The first kappa shape index (κ1) is 60.7. The zero-order valence-electron chi connectivity index (χ0n) is 43.0. The van der Waals surface area contributed by atoms with E-state index in [1.165, 1.54) is 33.1 Å². The van der Waals surface area contributed by atoms with Crippen LogP contribution in [0.25, 0.3) is 0 Å². The summed E-state index contributed by atoms with van der Waals surface area (Å²) >= 11 is 12.3. The number of carbonyl (C=O) groups excluding carboxylic acids is 3. The Bertz CT molecular complexity index is 2220. The predicted molar refractivity (Wildman–Crippen MR) is 265 cm³/mol. The average Bonchev–Trinajstić information content (AvgIpc) is 3.32. The number of carbonyl (C=O) groups is 3. The normalized spacial score (nSPS) is 34.8. The van der Waals surface area contributed by atoms with Crippen LogP contribution in [0.2, 0.25) is 10.0 Å². The first-order chi connectivity index (χ1) is 33.7. The summed E-state index contributed by atoms with van der Waals surface area (Å²) in [5.41, 5.74) is 0.283. The number of rotatable bonds is 13. The fourth-order valence-corrected chi connectivity index (χ4v) is 9.08. The summed E-state index contributed by atoms with van der Waals surface area (Å²) in [5.74, 6) is -4.88. The molecule has 14 atom stereocenters. The summed E-state index contributed by atoms with van der Waals surface area (Å²) < 4.78 is 47.5. The van der Waals surface area contributed by atoms with Crippen molar-refractivity contribution >= 4 is 41.1 Å². The van der Waals surface area contributed by atoms with Gasteiger partial charge in [-0.15, -0.1) is 0 Å². The predicted octanol–water partition coefficient (Wildman–Crippen LogP) is 6.23. The Labute approximate surface area is 431 Å². The molecule has 1 aromatic carbocycles. The summed E-state index contributed by atoms with van der Waals surface area (Å²) in [6.45, 7) is 18.0. The lowest BCUT2D eigenvalue weighted by atomic mass is 9.88. The molecule has 2 fully saturated rings. The van der Waals surface area contributed by atoms with Crippen LogP contribution >= 0.6 is 23.2 Å². The third-order valence-corrected chi connectivity index (χ3v) is 13.8. The number of phenolic OH excluding ortho intramolecular Hbond substituents is 2. The molecule has 8 unspecified atom stereocenters. The lowest BCUT2D eigenvalue weighted by Gasteiger charge is -2.47. The van der Waals surface area contributed by atoms with Crippen molar-refractivity contribution in [3.63, 3.8) is 0 Å². The highest BCUT2D eigenvalue weighted by molar-refractivity contribution is 6.39. The van der Waals surface area contributed by atoms with Crippen molar-refractivity contribution in [2.75, 3.05) is 13.7 Å². The third kappa shape index (κ3) is 14.7. The molecule has 0 aromatic heterocycles. The van der Waals surface area contributed by atoms with Crippen molar-refractivity contribution < 1.29 is 88.0 Å². The maximum absolute atomic E-state index is 14.0. The number of aromatic hydroxyl groups is 2. The van der Waals surface area contributed by atoms with E-state index in [1.807, 2.05) is 32.9 Å². The highest BCUT2D eigenvalue weighted by Gasteiger charge is 2.53. The van der Waals surface area contributed by atoms with Gasteiger partial charge in [0.25, 0.3) is 0 Å². The van der Waals surface area contributed by atoms with Gasteiger partial charge in [0, 0.05) is 19.4 Å². The van der Waals surface area contributed by atoms with Gasteiger partial charge < -0.3 is 73.6 Å². The number of aliphatic hydroxyl groups excluding tert-OH is 5. The lowest BCUT2D eigenvalue weighted by molar-refractivity contribution is -0.333. The Kier molecular flexibility index (Phi) is 22.4. The molecule has 0 aliphatic carbocycles. The molecule has 72 heavy (non-hydrogen) atoms. The van der Waals surface area contributed by atoms with Crippen molar-refractivity contribution in [2.24, 2.45) is 11.8 Å². The van der Waals surface area contributed by atoms with Gasteiger partial charge in [0.05, 0.1) is 53.1 Å². The van der Waals surface area contributed by atoms with Crippen LogP contribution in [0.3, 0.4) is 0 Å². The second-order valence-corrected chi connectivity index (χ2v) is 20.1. The summed E-state index contributed by atoms with van der Waals surface area (Å²) in [7, 11) is 1.26. The molecule has 18 nitrogen and oxygen atoms in total. The van der Waals surface area contributed by atoms with Gasteiger partial charge in [0.15, 0.2) is 36.3 Å². The molecule has 0 amide bonds. The number of methoxy groups -OCH3 is 1. The minimum atomic E-state index is -1.57. The molecular weight excluding hydrogens is 983 g/mol. The molecule has 1 aromatic rings. The van der Waals surface area contributed by atoms with Gasteiger partial charge in [0.1, 0.15) is 41.1 Å². The Hall–Kier alpha value is -3.89. The smallest absolute Gasteiger partial charge is 0.342 e. The van der Waals surface area contributed by atoms with E-state index < -0.39 is 144 Å². The van der Waals surface area contributed by atoms with Crippen LogP contribution in [0.5, 0.6) is 11.5 Å². The van der Waals surface area contributed by atoms with E-state index in [0.717, 1.165) is 0 Å². The first-order valence-corrected chi connectivity index (χ1v) is 24.9. The maximum atomic E-state index is 14.0. The quantitative estimate of drug-likeness (QED) is 0.0655. The Morgan fingerprint density at radius 3 is 2.17 bits per heavy atom. The minimum Gasteiger partial charge on any atom is -0.505 e. The molecule has 0 saturated carbocycles. The van der Waals surface area contributed by atoms with E-state index in [1.54, 1.807) is 53.7 Å². The fourth-order valence-electron chi connectivity index (χ4n) is 8.52. The highest BCUT2D eigenvalue weighted by atomic mass is 35.5. The number of phenols is 2. The van der Waals surface area contributed by atoms with Crippen molar-refractivity contribution in [1.82, 2.24) is 0 Å². The van der Waals surface area contributed by atoms with Crippen LogP contribution in [0.15, 0.2) is 58.7 Å². The van der Waals surface area contributed by atoms with E-state index in [2.05, 4.69) is 0 Å². The molecule has 3 heterocycles. The van der Waals surface area contributed by atoms with Crippen molar-refractivity contribution in [3.05, 3.63) is 79.9 Å². The molecule has 0 spiro atoms. The summed E-state index contributed by atoms with van der Waals surface area (Å²) in [6.07, 6.45) is -5.43. The van der Waals surface area contributed by atoms with Crippen molar-refractivity contribution in [1.29, 1.82) is 0 Å². The molecular formula is C52H74Cl2O18. The van der Waals surface area contributed by atoms with E-state index in [4.69, 9.17) is 61.1 Å². The zero-order valence-corrected chi connectivity index (χ0v) is 44.5. The van der Waals surface area contributed by atoms with E-state index >= 15 is 0 Å². The molecule has 0 bridgehead atoms. The largest absolute Gasteiger partial charge is 0.505 e. The maximum Gasteiger partial charge on any atom is 0.342 e. The van der Waals surface area contributed by atoms with Gasteiger partial charge in [-0.1, -0.05) is 86.9 Å². The van der Waals surface area contributed by atoms with Crippen molar-refractivity contribution in [2.45, 2.75) is 187 Å². The number of hydrogen-bond acceptors (Lipinski definition) is 18. The number of ether oxygens (including phenoxy) is 8. The summed E-state index contributed by atoms with van der Waals surface area (Å²) in [5, 5.41) is 76.5. The van der Waals surface area contributed by atoms with Crippen LogP contribution in [0.1, 0.15) is 111 Å². The second kappa shape index (κ2) is 26.5. The molecule has 4 rings (SSSR count). The molecule has 2 saturated heterocycles. The number of hydrogen-bond donors (Lipinski definition) is 7. The Morgan fingerprint density at radius 1 is 0.903 bits per heavy atom. The van der Waals surface area contributed by atoms with Crippen LogP contribution in [-0.4, -0.2) is 153 Å². The molecule has 20 heteroatoms. The molecule has 404 valence electrons. The van der Waals surface area contributed by atoms with Gasteiger partial charge >= 0.3 is 17.9 Å². The van der Waals surface area contributed by atoms with Gasteiger partial charge in [-0.25, -0.2) is 9.59 Å². The fraction of sp³-hybridized carbons (Fsp3) is 0.635. The SMILES string of the molecule is CCc1c(Cl)c(O)c(Cl)c(O)c1C(=O)O[C@H]1C(C)O[C@@H](OC/C2=C\C=C\CC(O)/C(C)=C/C(CC)C(O[C@@H]3OC(C)(C)[C@H](O)C(OC(=O)C(C)C)[C@@H]3O)/C(C)=C/C(C)=C/CC(C(C)O)OC2=O)[C@@H](OC)C1O. The van der Waals surface area contributed by atoms with E-state index in [-0.39, 0.29) is 35.4 Å². The highest BCUT2D eigenvalue weighted by Crippen LogP contribution is 2.45. The van der Waals surface area contributed by atoms with Crippen LogP contribution in [0, 0.1) is 11.8 Å². The average molecular weight is 1060 g/mol. The Balaban J connectivity index is 1.62. The Morgan fingerprint density at radius 2 is 1.57 bits per heavy atom. The van der Waals surface area contributed by atoms with Gasteiger partial charge in [-0.05, 0) is 90.5 Å². The van der Waals surface area contributed by atoms with E-state index in [9.17, 15) is 50.1 Å². The topological polar surface area (TPSA) is 267 Å². The van der Waals surface area contributed by atoms with Gasteiger partial charge in [-0.3, -0.25) is 4.79 Å². The molecule has 3 aliphatic heterocycles. The third-order valence-electron chi connectivity index (χ3n) is 13.0. The standard InChI is InChI=1S/C52H74Cl2O18/c1-13-30-22-26(6)33(56)18-16-15-17-31(23-66-51-45(65-12)40(59)43(29(9)67-51)69-49(64)35-32(14-2)36(53)39(58)37(54)38(35)57)48(63)68-34(28(8)55)20-19-25(5)21-27(7)42(30)71-50-41(60)44(70-47(62)24(3)4)46(61)52(10,11)72-50/h15-17,19,21-22,24,28-30,33-34,40-46,50-51,55-61H,13-14,18,20,23H2,1-12H3/b16-15+,25-19+,26-22+,27-21+,31-17+/t28?,29?,30?,33?,34?,40?,41-,42?,43-,44?,45-,46+,50+,51+/m0/s1. The second-order valence-electron chi connectivity index (χ2n) is 19.4. The monoisotopic (exact) mass is 1060 g/mol. The van der Waals surface area contributed by atoms with Crippen LogP contribution in [0.4, 0.5) is 0 Å². The lowest BCUT2D eigenvalue weighted by Crippen LogP contribution is -2.64. The molecule has 7 N–H and O–H groups in total.